The summed E-state index contributed by atoms with van der Waals surface area (Å²) in [7, 11) is 0. The maximum Gasteiger partial charge on any atom is 0.310 e. The SMILES string of the molecule is CC(C(=O)O)c1cccc(NC(=O)C2CC2c2ccccc2Cl)c1. The molecular formula is C19H18ClNO3. The highest BCUT2D eigenvalue weighted by molar-refractivity contribution is 6.31. The Morgan fingerprint density at radius 1 is 1.21 bits per heavy atom. The fourth-order valence-electron chi connectivity index (χ4n) is 2.87. The maximum absolute atomic E-state index is 12.4. The average molecular weight is 344 g/mol. The van der Waals surface area contributed by atoms with Crippen molar-refractivity contribution in [1.82, 2.24) is 0 Å². The molecule has 0 radical (unpaired) electrons. The van der Waals surface area contributed by atoms with Gasteiger partial charge >= 0.3 is 5.97 Å². The zero-order chi connectivity index (χ0) is 17.3. The van der Waals surface area contributed by atoms with Gasteiger partial charge < -0.3 is 10.4 Å². The lowest BCUT2D eigenvalue weighted by Gasteiger charge is -2.10. The molecule has 0 bridgehead atoms. The van der Waals surface area contributed by atoms with Gasteiger partial charge in [-0.05, 0) is 48.6 Å². The van der Waals surface area contributed by atoms with Gasteiger partial charge in [-0.3, -0.25) is 9.59 Å². The molecule has 124 valence electrons. The number of anilines is 1. The highest BCUT2D eigenvalue weighted by Crippen LogP contribution is 2.50. The Morgan fingerprint density at radius 3 is 2.67 bits per heavy atom. The van der Waals surface area contributed by atoms with Crippen molar-refractivity contribution in [3.05, 3.63) is 64.7 Å². The minimum atomic E-state index is -0.889. The molecule has 4 nitrogen and oxygen atoms in total. The molecule has 1 saturated carbocycles. The Morgan fingerprint density at radius 2 is 1.96 bits per heavy atom. The van der Waals surface area contributed by atoms with Gasteiger partial charge in [-0.25, -0.2) is 0 Å². The second-order valence-electron chi connectivity index (χ2n) is 6.14. The second kappa shape index (κ2) is 6.65. The van der Waals surface area contributed by atoms with E-state index in [-0.39, 0.29) is 17.7 Å². The van der Waals surface area contributed by atoms with Gasteiger partial charge in [0.15, 0.2) is 0 Å². The number of halogens is 1. The van der Waals surface area contributed by atoms with Crippen LogP contribution in [0.5, 0.6) is 0 Å². The van der Waals surface area contributed by atoms with Crippen molar-refractivity contribution in [3.8, 4) is 0 Å². The third-order valence-corrected chi connectivity index (χ3v) is 4.80. The fraction of sp³-hybridized carbons (Fsp3) is 0.263. The Hall–Kier alpha value is -2.33. The molecule has 0 heterocycles. The van der Waals surface area contributed by atoms with Crippen molar-refractivity contribution < 1.29 is 14.7 Å². The van der Waals surface area contributed by atoms with Crippen LogP contribution in [0.4, 0.5) is 5.69 Å². The molecular weight excluding hydrogens is 326 g/mol. The predicted molar refractivity (Wildman–Crippen MR) is 93.4 cm³/mol. The number of hydrogen-bond donors (Lipinski definition) is 2. The zero-order valence-electron chi connectivity index (χ0n) is 13.2. The lowest BCUT2D eigenvalue weighted by Crippen LogP contribution is -2.15. The van der Waals surface area contributed by atoms with Crippen LogP contribution in [0, 0.1) is 5.92 Å². The number of carboxylic acids is 1. The quantitative estimate of drug-likeness (QED) is 0.852. The number of aliphatic carboxylic acids is 1. The lowest BCUT2D eigenvalue weighted by atomic mass is 10.0. The number of carboxylic acid groups (broad SMARTS) is 1. The van der Waals surface area contributed by atoms with Crippen LogP contribution in [0.2, 0.25) is 5.02 Å². The van der Waals surface area contributed by atoms with Gasteiger partial charge in [0.25, 0.3) is 0 Å². The van der Waals surface area contributed by atoms with Gasteiger partial charge in [-0.1, -0.05) is 41.9 Å². The van der Waals surface area contributed by atoms with Crippen LogP contribution < -0.4 is 5.32 Å². The van der Waals surface area contributed by atoms with E-state index >= 15 is 0 Å². The summed E-state index contributed by atoms with van der Waals surface area (Å²) in [6.07, 6.45) is 0.779. The Balaban J connectivity index is 1.67. The summed E-state index contributed by atoms with van der Waals surface area (Å²) in [5.41, 5.74) is 2.29. The molecule has 0 saturated heterocycles. The third-order valence-electron chi connectivity index (χ3n) is 4.46. The first-order valence-corrected chi connectivity index (χ1v) is 8.23. The van der Waals surface area contributed by atoms with Crippen molar-refractivity contribution in [2.24, 2.45) is 5.92 Å². The van der Waals surface area contributed by atoms with E-state index in [9.17, 15) is 9.59 Å². The summed E-state index contributed by atoms with van der Waals surface area (Å²) < 4.78 is 0. The summed E-state index contributed by atoms with van der Waals surface area (Å²) in [5.74, 6) is -1.50. The molecule has 1 aliphatic carbocycles. The molecule has 24 heavy (non-hydrogen) atoms. The average Bonchev–Trinajstić information content (AvgIpc) is 3.35. The molecule has 1 aliphatic rings. The van der Waals surface area contributed by atoms with Crippen LogP contribution in [0.1, 0.15) is 36.3 Å². The summed E-state index contributed by atoms with van der Waals surface area (Å²) in [4.78, 5) is 23.5. The van der Waals surface area contributed by atoms with E-state index in [4.69, 9.17) is 16.7 Å². The third kappa shape index (κ3) is 3.44. The number of carbonyl (C=O) groups is 2. The monoisotopic (exact) mass is 343 g/mol. The van der Waals surface area contributed by atoms with Crippen LogP contribution in [-0.4, -0.2) is 17.0 Å². The fourth-order valence-corrected chi connectivity index (χ4v) is 3.14. The van der Waals surface area contributed by atoms with Crippen molar-refractivity contribution in [2.45, 2.75) is 25.2 Å². The van der Waals surface area contributed by atoms with Gasteiger partial charge in [0.2, 0.25) is 5.91 Å². The molecule has 3 unspecified atom stereocenters. The molecule has 1 amide bonds. The molecule has 3 rings (SSSR count). The standard InChI is InChI=1S/C19H18ClNO3/c1-11(19(23)24)12-5-4-6-13(9-12)21-18(22)16-10-15(16)14-7-2-3-8-17(14)20/h2-9,11,15-16H,10H2,1H3,(H,21,22)(H,23,24). The molecule has 0 aliphatic heterocycles. The predicted octanol–water partition coefficient (Wildman–Crippen LogP) is 4.27. The second-order valence-corrected chi connectivity index (χ2v) is 6.55. The van der Waals surface area contributed by atoms with E-state index < -0.39 is 11.9 Å². The molecule has 2 N–H and O–H groups in total. The van der Waals surface area contributed by atoms with Gasteiger partial charge in [0.05, 0.1) is 5.92 Å². The first-order chi connectivity index (χ1) is 11.5. The highest BCUT2D eigenvalue weighted by Gasteiger charge is 2.44. The van der Waals surface area contributed by atoms with E-state index in [2.05, 4.69) is 5.32 Å². The van der Waals surface area contributed by atoms with Crippen molar-refractivity contribution in [2.75, 3.05) is 5.32 Å². The number of benzene rings is 2. The number of nitrogens with one attached hydrogen (secondary N) is 1. The molecule has 5 heteroatoms. The first-order valence-electron chi connectivity index (χ1n) is 7.85. The Labute approximate surface area is 145 Å². The summed E-state index contributed by atoms with van der Waals surface area (Å²) >= 11 is 6.19. The van der Waals surface area contributed by atoms with E-state index in [0.29, 0.717) is 16.3 Å². The Bertz CT molecular complexity index is 790. The van der Waals surface area contributed by atoms with Crippen molar-refractivity contribution in [3.63, 3.8) is 0 Å². The minimum Gasteiger partial charge on any atom is -0.481 e. The molecule has 1 fully saturated rings. The van der Waals surface area contributed by atoms with Crippen LogP contribution in [0.25, 0.3) is 0 Å². The first kappa shape index (κ1) is 16.5. The molecule has 2 aromatic carbocycles. The van der Waals surface area contributed by atoms with E-state index in [0.717, 1.165) is 12.0 Å². The smallest absolute Gasteiger partial charge is 0.310 e. The topological polar surface area (TPSA) is 66.4 Å². The van der Waals surface area contributed by atoms with E-state index in [1.807, 2.05) is 24.3 Å². The zero-order valence-corrected chi connectivity index (χ0v) is 14.0. The molecule has 2 aromatic rings. The van der Waals surface area contributed by atoms with Crippen LogP contribution >= 0.6 is 11.6 Å². The highest BCUT2D eigenvalue weighted by atomic mass is 35.5. The lowest BCUT2D eigenvalue weighted by molar-refractivity contribution is -0.138. The Kier molecular flexibility index (Phi) is 4.58. The van der Waals surface area contributed by atoms with Gasteiger partial charge in [0, 0.05) is 16.6 Å². The summed E-state index contributed by atoms with van der Waals surface area (Å²) in [5, 5.41) is 12.7. The van der Waals surface area contributed by atoms with E-state index in [1.165, 1.54) is 0 Å². The number of hydrogen-bond acceptors (Lipinski definition) is 2. The molecule has 0 spiro atoms. The van der Waals surface area contributed by atoms with E-state index in [1.54, 1.807) is 31.2 Å². The summed E-state index contributed by atoms with van der Waals surface area (Å²) in [6, 6.07) is 14.6. The molecule has 3 atom stereocenters. The maximum atomic E-state index is 12.4. The minimum absolute atomic E-state index is 0.0555. The largest absolute Gasteiger partial charge is 0.481 e. The van der Waals surface area contributed by atoms with Crippen LogP contribution in [-0.2, 0) is 9.59 Å². The van der Waals surface area contributed by atoms with Crippen molar-refractivity contribution in [1.29, 1.82) is 0 Å². The van der Waals surface area contributed by atoms with Crippen LogP contribution in [0.3, 0.4) is 0 Å². The normalized spacial score (nSPS) is 20.2. The van der Waals surface area contributed by atoms with Gasteiger partial charge in [0.1, 0.15) is 0 Å². The summed E-state index contributed by atoms with van der Waals surface area (Å²) in [6.45, 7) is 1.62. The van der Waals surface area contributed by atoms with Crippen LogP contribution in [0.15, 0.2) is 48.5 Å². The van der Waals surface area contributed by atoms with Gasteiger partial charge in [-0.15, -0.1) is 0 Å². The van der Waals surface area contributed by atoms with Crippen molar-refractivity contribution >= 4 is 29.2 Å². The van der Waals surface area contributed by atoms with Gasteiger partial charge in [-0.2, -0.15) is 0 Å². The number of rotatable bonds is 5. The molecule has 0 aromatic heterocycles. The number of carbonyl (C=O) groups excluding carboxylic acids is 1. The number of amides is 1.